The molecule has 0 aliphatic heterocycles. The molecule has 0 spiro atoms. The van der Waals surface area contributed by atoms with Gasteiger partial charge in [0, 0.05) is 0 Å². The third-order valence-corrected chi connectivity index (χ3v) is 4.37. The van der Waals surface area contributed by atoms with Gasteiger partial charge in [-0.15, -0.1) is 0 Å². The summed E-state index contributed by atoms with van der Waals surface area (Å²) in [6.07, 6.45) is 8.06. The van der Waals surface area contributed by atoms with Crippen molar-refractivity contribution in [2.24, 2.45) is 5.92 Å². The summed E-state index contributed by atoms with van der Waals surface area (Å²) in [5.74, 6) is 0.613. The van der Waals surface area contributed by atoms with E-state index in [0.29, 0.717) is 5.92 Å². The molecular weight excluding hydrogens is 264 g/mol. The molecule has 0 saturated carbocycles. The molecule has 110 valence electrons. The second-order valence-corrected chi connectivity index (χ2v) is 5.85. The van der Waals surface area contributed by atoms with Crippen LogP contribution in [0.4, 0.5) is 0 Å². The first-order valence-corrected chi connectivity index (χ1v) is 8.04. The molecule has 1 aliphatic rings. The topological polar surface area (TPSA) is 0 Å². The van der Waals surface area contributed by atoms with Crippen molar-refractivity contribution in [1.29, 1.82) is 0 Å². The molecule has 0 saturated heterocycles. The van der Waals surface area contributed by atoms with Crippen molar-refractivity contribution < 1.29 is 0 Å². The first-order chi connectivity index (χ1) is 10.8. The standard InChI is InChI=1S/C22H22/c1-3-17(2)20-14-15-21(16-20)22(18-10-6-4-7-11-18)19-12-8-5-9-13-19/h4-17H,3H2,1-2H3. The molecule has 1 aliphatic carbocycles. The molecule has 2 aromatic carbocycles. The van der Waals surface area contributed by atoms with Crippen molar-refractivity contribution in [3.63, 3.8) is 0 Å². The summed E-state index contributed by atoms with van der Waals surface area (Å²) >= 11 is 0. The summed E-state index contributed by atoms with van der Waals surface area (Å²) in [4.78, 5) is 0. The molecule has 1 atom stereocenters. The van der Waals surface area contributed by atoms with Crippen LogP contribution in [0.25, 0.3) is 5.57 Å². The first-order valence-electron chi connectivity index (χ1n) is 8.04. The smallest absolute Gasteiger partial charge is 0.00388 e. The maximum absolute atomic E-state index is 2.35. The van der Waals surface area contributed by atoms with Crippen LogP contribution < -0.4 is 0 Å². The lowest BCUT2D eigenvalue weighted by atomic mass is 9.93. The van der Waals surface area contributed by atoms with Crippen molar-refractivity contribution in [3.05, 3.63) is 101 Å². The second kappa shape index (κ2) is 6.62. The van der Waals surface area contributed by atoms with Crippen LogP contribution >= 0.6 is 0 Å². The molecule has 1 unspecified atom stereocenters. The van der Waals surface area contributed by atoms with Gasteiger partial charge in [-0.3, -0.25) is 0 Å². The molecule has 0 aromatic heterocycles. The number of benzene rings is 2. The molecule has 3 rings (SSSR count). The molecule has 0 amide bonds. The fourth-order valence-corrected chi connectivity index (χ4v) is 2.87. The molecule has 0 N–H and O–H groups in total. The van der Waals surface area contributed by atoms with Gasteiger partial charge >= 0.3 is 0 Å². The summed E-state index contributed by atoms with van der Waals surface area (Å²) in [5, 5.41) is 0. The third-order valence-electron chi connectivity index (χ3n) is 4.37. The Labute approximate surface area is 133 Å². The summed E-state index contributed by atoms with van der Waals surface area (Å²) in [6.45, 7) is 4.54. The minimum absolute atomic E-state index is 0.613. The zero-order valence-electron chi connectivity index (χ0n) is 13.3. The number of hydrogen-bond donors (Lipinski definition) is 0. The maximum Gasteiger partial charge on any atom is -0.00388 e. The SMILES string of the molecule is CCC(C)C1=CC(=C(c2ccccc2)c2ccccc2)C=C1. The van der Waals surface area contributed by atoms with Gasteiger partial charge in [0.05, 0.1) is 0 Å². The van der Waals surface area contributed by atoms with Gasteiger partial charge in [0.15, 0.2) is 0 Å². The number of allylic oxidation sites excluding steroid dienone is 5. The van der Waals surface area contributed by atoms with E-state index in [1.54, 1.807) is 0 Å². The van der Waals surface area contributed by atoms with Crippen molar-refractivity contribution in [3.8, 4) is 0 Å². The Balaban J connectivity index is 2.14. The fourth-order valence-electron chi connectivity index (χ4n) is 2.87. The second-order valence-electron chi connectivity index (χ2n) is 5.85. The molecule has 0 nitrogen and oxygen atoms in total. The highest BCUT2D eigenvalue weighted by Gasteiger charge is 2.14. The van der Waals surface area contributed by atoms with Crippen LogP contribution in [0.1, 0.15) is 31.4 Å². The van der Waals surface area contributed by atoms with E-state index < -0.39 is 0 Å². The molecule has 22 heavy (non-hydrogen) atoms. The summed E-state index contributed by atoms with van der Waals surface area (Å²) in [5.41, 5.74) is 6.61. The Morgan fingerprint density at radius 3 is 1.86 bits per heavy atom. The average Bonchev–Trinajstić information content (AvgIpc) is 3.06. The minimum Gasteiger partial charge on any atom is -0.0648 e. The summed E-state index contributed by atoms with van der Waals surface area (Å²) in [7, 11) is 0. The van der Waals surface area contributed by atoms with Gasteiger partial charge in [0.1, 0.15) is 0 Å². The summed E-state index contributed by atoms with van der Waals surface area (Å²) < 4.78 is 0. The zero-order chi connectivity index (χ0) is 15.4. The zero-order valence-corrected chi connectivity index (χ0v) is 13.3. The van der Waals surface area contributed by atoms with Crippen LogP contribution in [0.3, 0.4) is 0 Å². The fraction of sp³-hybridized carbons (Fsp3) is 0.182. The van der Waals surface area contributed by atoms with Gasteiger partial charge in [-0.25, -0.2) is 0 Å². The number of hydrogen-bond acceptors (Lipinski definition) is 0. The van der Waals surface area contributed by atoms with E-state index in [-0.39, 0.29) is 0 Å². The highest BCUT2D eigenvalue weighted by atomic mass is 14.2. The molecule has 0 fully saturated rings. The quantitative estimate of drug-likeness (QED) is 0.643. The van der Waals surface area contributed by atoms with E-state index in [0.717, 1.165) is 0 Å². The largest absolute Gasteiger partial charge is 0.0648 e. The summed E-state index contributed by atoms with van der Waals surface area (Å²) in [6, 6.07) is 21.3. The maximum atomic E-state index is 2.35. The normalized spacial score (nSPS) is 14.8. The molecular formula is C22H22. The van der Waals surface area contributed by atoms with Crippen molar-refractivity contribution in [2.45, 2.75) is 20.3 Å². The Hall–Kier alpha value is -2.34. The highest BCUT2D eigenvalue weighted by molar-refractivity contribution is 5.86. The Kier molecular flexibility index (Phi) is 4.39. The molecule has 0 heterocycles. The number of rotatable bonds is 4. The predicted molar refractivity (Wildman–Crippen MR) is 95.6 cm³/mol. The Morgan fingerprint density at radius 1 is 0.818 bits per heavy atom. The van der Waals surface area contributed by atoms with E-state index in [4.69, 9.17) is 0 Å². The van der Waals surface area contributed by atoms with Gasteiger partial charge in [-0.1, -0.05) is 92.7 Å². The van der Waals surface area contributed by atoms with Crippen molar-refractivity contribution >= 4 is 5.57 Å². The Bertz CT molecular complexity index is 674. The average molecular weight is 286 g/mol. The third kappa shape index (κ3) is 2.96. The van der Waals surface area contributed by atoms with Crippen LogP contribution in [0.5, 0.6) is 0 Å². The van der Waals surface area contributed by atoms with Crippen LogP contribution in [0, 0.1) is 5.92 Å². The first kappa shape index (κ1) is 14.6. The lowest BCUT2D eigenvalue weighted by Gasteiger charge is -2.11. The predicted octanol–water partition coefficient (Wildman–Crippen LogP) is 6.03. The van der Waals surface area contributed by atoms with Crippen LogP contribution in [0.2, 0.25) is 0 Å². The van der Waals surface area contributed by atoms with Gasteiger partial charge in [0.25, 0.3) is 0 Å². The van der Waals surface area contributed by atoms with Crippen LogP contribution in [0.15, 0.2) is 90.0 Å². The minimum atomic E-state index is 0.613. The van der Waals surface area contributed by atoms with Gasteiger partial charge in [-0.05, 0) is 40.2 Å². The van der Waals surface area contributed by atoms with E-state index in [2.05, 4.69) is 92.7 Å². The van der Waals surface area contributed by atoms with Crippen molar-refractivity contribution in [2.75, 3.05) is 0 Å². The lowest BCUT2D eigenvalue weighted by Crippen LogP contribution is -1.93. The molecule has 2 aromatic rings. The van der Waals surface area contributed by atoms with E-state index >= 15 is 0 Å². The highest BCUT2D eigenvalue weighted by Crippen LogP contribution is 2.33. The van der Waals surface area contributed by atoms with Crippen LogP contribution in [-0.4, -0.2) is 0 Å². The Morgan fingerprint density at radius 2 is 1.36 bits per heavy atom. The van der Waals surface area contributed by atoms with E-state index in [1.165, 1.54) is 34.3 Å². The van der Waals surface area contributed by atoms with Crippen LogP contribution in [-0.2, 0) is 0 Å². The molecule has 0 heteroatoms. The molecule has 0 bridgehead atoms. The van der Waals surface area contributed by atoms with Gasteiger partial charge in [-0.2, -0.15) is 0 Å². The monoisotopic (exact) mass is 286 g/mol. The van der Waals surface area contributed by atoms with E-state index in [1.807, 2.05) is 0 Å². The van der Waals surface area contributed by atoms with Crippen molar-refractivity contribution in [1.82, 2.24) is 0 Å². The molecule has 0 radical (unpaired) electrons. The van der Waals surface area contributed by atoms with Gasteiger partial charge < -0.3 is 0 Å². The lowest BCUT2D eigenvalue weighted by molar-refractivity contribution is 0.672. The van der Waals surface area contributed by atoms with Gasteiger partial charge in [0.2, 0.25) is 0 Å². The van der Waals surface area contributed by atoms with E-state index in [9.17, 15) is 0 Å².